The third kappa shape index (κ3) is 2.06. The summed E-state index contributed by atoms with van der Waals surface area (Å²) in [6.45, 7) is 10.2. The zero-order valence-corrected chi connectivity index (χ0v) is 11.7. The molecule has 1 aliphatic heterocycles. The predicted molar refractivity (Wildman–Crippen MR) is 74.8 cm³/mol. The van der Waals surface area contributed by atoms with Crippen LogP contribution in [0.5, 0.6) is 0 Å². The van der Waals surface area contributed by atoms with Gasteiger partial charge in [-0.3, -0.25) is 0 Å². The van der Waals surface area contributed by atoms with Crippen LogP contribution >= 0.6 is 0 Å². The van der Waals surface area contributed by atoms with Crippen LogP contribution in [0.4, 0.5) is 5.69 Å². The van der Waals surface area contributed by atoms with Gasteiger partial charge in [-0.1, -0.05) is 6.07 Å². The molecule has 2 nitrogen and oxygen atoms in total. The van der Waals surface area contributed by atoms with E-state index >= 15 is 0 Å². The molecule has 1 saturated heterocycles. The fourth-order valence-electron chi connectivity index (χ4n) is 2.94. The van der Waals surface area contributed by atoms with E-state index in [-0.39, 0.29) is 5.54 Å². The van der Waals surface area contributed by atoms with Crippen molar-refractivity contribution in [2.24, 2.45) is 0 Å². The largest absolute Gasteiger partial charge is 0.365 e. The van der Waals surface area contributed by atoms with Gasteiger partial charge in [-0.05, 0) is 64.4 Å². The van der Waals surface area contributed by atoms with Gasteiger partial charge in [0, 0.05) is 23.8 Å². The van der Waals surface area contributed by atoms with E-state index in [2.05, 4.69) is 63.2 Å². The number of nitrogens with one attached hydrogen (secondary N) is 1. The molecule has 1 aromatic carbocycles. The Hall–Kier alpha value is -1.02. The number of aryl methyl sites for hydroxylation is 2. The second-order valence-corrected chi connectivity index (χ2v) is 5.70. The SMILES string of the molecule is CNC1CCN(c2ccc(C)c(C)c2)C1(C)C. The predicted octanol–water partition coefficient (Wildman–Crippen LogP) is 2.88. The van der Waals surface area contributed by atoms with Gasteiger partial charge in [0.05, 0.1) is 0 Å². The third-order valence-corrected chi connectivity index (χ3v) is 4.34. The van der Waals surface area contributed by atoms with E-state index in [0.717, 1.165) is 6.54 Å². The van der Waals surface area contributed by atoms with Gasteiger partial charge in [-0.15, -0.1) is 0 Å². The maximum atomic E-state index is 3.44. The molecule has 0 bridgehead atoms. The molecule has 0 saturated carbocycles. The van der Waals surface area contributed by atoms with Crippen LogP contribution in [0.25, 0.3) is 0 Å². The first kappa shape index (κ1) is 12.4. The smallest absolute Gasteiger partial charge is 0.0499 e. The molecule has 1 atom stereocenters. The highest BCUT2D eigenvalue weighted by molar-refractivity contribution is 5.54. The van der Waals surface area contributed by atoms with Crippen molar-refractivity contribution in [2.75, 3.05) is 18.5 Å². The lowest BCUT2D eigenvalue weighted by atomic mass is 9.95. The Kier molecular flexibility index (Phi) is 3.17. The van der Waals surface area contributed by atoms with Crippen LogP contribution in [0.2, 0.25) is 0 Å². The van der Waals surface area contributed by atoms with Crippen molar-refractivity contribution in [3.63, 3.8) is 0 Å². The fraction of sp³-hybridized carbons (Fsp3) is 0.600. The second-order valence-electron chi connectivity index (χ2n) is 5.70. The fourth-order valence-corrected chi connectivity index (χ4v) is 2.94. The van der Waals surface area contributed by atoms with E-state index < -0.39 is 0 Å². The Balaban J connectivity index is 2.32. The monoisotopic (exact) mass is 232 g/mol. The minimum Gasteiger partial charge on any atom is -0.365 e. The molecule has 94 valence electrons. The van der Waals surface area contributed by atoms with Gasteiger partial charge >= 0.3 is 0 Å². The van der Waals surface area contributed by atoms with Crippen LogP contribution in [-0.4, -0.2) is 25.2 Å². The molecule has 1 N–H and O–H groups in total. The van der Waals surface area contributed by atoms with E-state index in [1.54, 1.807) is 0 Å². The standard InChI is InChI=1S/C15H24N2/c1-11-6-7-13(10-12(11)2)17-9-8-14(16-5)15(17,3)4/h6-7,10,14,16H,8-9H2,1-5H3. The molecule has 1 fully saturated rings. The summed E-state index contributed by atoms with van der Waals surface area (Å²) in [7, 11) is 2.07. The Morgan fingerprint density at radius 3 is 2.47 bits per heavy atom. The first-order valence-corrected chi connectivity index (χ1v) is 6.49. The van der Waals surface area contributed by atoms with E-state index in [1.807, 2.05) is 0 Å². The van der Waals surface area contributed by atoms with Crippen LogP contribution < -0.4 is 10.2 Å². The summed E-state index contributed by atoms with van der Waals surface area (Å²) in [5.41, 5.74) is 4.30. The lowest BCUT2D eigenvalue weighted by Gasteiger charge is -2.37. The van der Waals surface area contributed by atoms with Crippen molar-refractivity contribution in [3.8, 4) is 0 Å². The van der Waals surface area contributed by atoms with Crippen molar-refractivity contribution in [2.45, 2.75) is 45.7 Å². The molecule has 0 spiro atoms. The van der Waals surface area contributed by atoms with Gasteiger partial charge in [0.1, 0.15) is 0 Å². The molecule has 0 aliphatic carbocycles. The molecule has 0 amide bonds. The number of anilines is 1. The number of hydrogen-bond acceptors (Lipinski definition) is 2. The maximum absolute atomic E-state index is 3.44. The summed E-state index contributed by atoms with van der Waals surface area (Å²) < 4.78 is 0. The summed E-state index contributed by atoms with van der Waals surface area (Å²) in [4.78, 5) is 2.53. The van der Waals surface area contributed by atoms with Gasteiger partial charge in [0.25, 0.3) is 0 Å². The molecule has 2 heteroatoms. The van der Waals surface area contributed by atoms with Crippen molar-refractivity contribution in [1.82, 2.24) is 5.32 Å². The van der Waals surface area contributed by atoms with Crippen molar-refractivity contribution >= 4 is 5.69 Å². The normalized spacial score (nSPS) is 23.1. The van der Waals surface area contributed by atoms with Crippen LogP contribution in [0.3, 0.4) is 0 Å². The highest BCUT2D eigenvalue weighted by Gasteiger charge is 2.40. The van der Waals surface area contributed by atoms with Crippen LogP contribution in [0.15, 0.2) is 18.2 Å². The molecule has 0 aromatic heterocycles. The van der Waals surface area contributed by atoms with Crippen molar-refractivity contribution in [3.05, 3.63) is 29.3 Å². The Bertz CT molecular complexity index is 409. The van der Waals surface area contributed by atoms with Gasteiger partial charge in [0.2, 0.25) is 0 Å². The van der Waals surface area contributed by atoms with Gasteiger partial charge in [-0.2, -0.15) is 0 Å². The number of rotatable bonds is 2. The second kappa shape index (κ2) is 4.34. The third-order valence-electron chi connectivity index (χ3n) is 4.34. The van der Waals surface area contributed by atoms with E-state index in [1.165, 1.54) is 23.2 Å². The first-order chi connectivity index (χ1) is 7.96. The molecule has 1 aromatic rings. The maximum Gasteiger partial charge on any atom is 0.0499 e. The van der Waals surface area contributed by atoms with Gasteiger partial charge < -0.3 is 10.2 Å². The quantitative estimate of drug-likeness (QED) is 0.843. The van der Waals surface area contributed by atoms with E-state index in [4.69, 9.17) is 0 Å². The van der Waals surface area contributed by atoms with Crippen LogP contribution in [0.1, 0.15) is 31.4 Å². The van der Waals surface area contributed by atoms with E-state index in [0.29, 0.717) is 6.04 Å². The average molecular weight is 232 g/mol. The summed E-state index contributed by atoms with van der Waals surface area (Å²) in [6, 6.07) is 7.37. The zero-order valence-electron chi connectivity index (χ0n) is 11.7. The minimum absolute atomic E-state index is 0.191. The molecular formula is C15H24N2. The van der Waals surface area contributed by atoms with E-state index in [9.17, 15) is 0 Å². The highest BCUT2D eigenvalue weighted by atomic mass is 15.3. The molecule has 2 rings (SSSR count). The average Bonchev–Trinajstić information content (AvgIpc) is 2.57. The Labute approximate surface area is 105 Å². The molecule has 1 aliphatic rings. The number of nitrogens with zero attached hydrogens (tertiary/aromatic N) is 1. The van der Waals surface area contributed by atoms with Crippen molar-refractivity contribution in [1.29, 1.82) is 0 Å². The Morgan fingerprint density at radius 1 is 1.24 bits per heavy atom. The lowest BCUT2D eigenvalue weighted by molar-refractivity contribution is 0.403. The molecule has 1 unspecified atom stereocenters. The summed E-state index contributed by atoms with van der Waals surface area (Å²) in [6.07, 6.45) is 1.22. The number of hydrogen-bond donors (Lipinski definition) is 1. The summed E-state index contributed by atoms with van der Waals surface area (Å²) >= 11 is 0. The zero-order chi connectivity index (χ0) is 12.6. The molecule has 0 radical (unpaired) electrons. The topological polar surface area (TPSA) is 15.3 Å². The molecule has 17 heavy (non-hydrogen) atoms. The summed E-state index contributed by atoms with van der Waals surface area (Å²) in [5, 5.41) is 3.44. The highest BCUT2D eigenvalue weighted by Crippen LogP contribution is 2.34. The van der Waals surface area contributed by atoms with Gasteiger partial charge in [-0.25, -0.2) is 0 Å². The molecular weight excluding hydrogens is 208 g/mol. The summed E-state index contributed by atoms with van der Waals surface area (Å²) in [5.74, 6) is 0. The first-order valence-electron chi connectivity index (χ1n) is 6.49. The minimum atomic E-state index is 0.191. The molecule has 1 heterocycles. The number of likely N-dealkylation sites (N-methyl/N-ethyl adjacent to an activating group) is 1. The van der Waals surface area contributed by atoms with Gasteiger partial charge in [0.15, 0.2) is 0 Å². The van der Waals surface area contributed by atoms with Crippen molar-refractivity contribution < 1.29 is 0 Å². The van der Waals surface area contributed by atoms with Crippen LogP contribution in [0, 0.1) is 13.8 Å². The Morgan fingerprint density at radius 2 is 1.94 bits per heavy atom. The number of benzene rings is 1. The lowest BCUT2D eigenvalue weighted by Crippen LogP contribution is -2.50. The van der Waals surface area contributed by atoms with Crippen LogP contribution in [-0.2, 0) is 0 Å².